The molecule has 1 aromatic rings. The van der Waals surface area contributed by atoms with E-state index in [-0.39, 0.29) is 11.8 Å². The summed E-state index contributed by atoms with van der Waals surface area (Å²) in [6.07, 6.45) is 3.40. The van der Waals surface area contributed by atoms with Gasteiger partial charge in [-0.2, -0.15) is 4.31 Å². The van der Waals surface area contributed by atoms with E-state index in [2.05, 4.69) is 4.98 Å². The Morgan fingerprint density at radius 2 is 2.16 bits per heavy atom. The van der Waals surface area contributed by atoms with Crippen LogP contribution in [0.15, 0.2) is 24.4 Å². The van der Waals surface area contributed by atoms with Gasteiger partial charge in [-0.25, -0.2) is 8.42 Å². The zero-order chi connectivity index (χ0) is 13.9. The van der Waals surface area contributed by atoms with Crippen LogP contribution in [0, 0.1) is 0 Å². The van der Waals surface area contributed by atoms with Gasteiger partial charge < -0.3 is 5.11 Å². The first kappa shape index (κ1) is 14.0. The van der Waals surface area contributed by atoms with Crippen LogP contribution in [-0.4, -0.2) is 47.1 Å². The number of hydrogen-bond acceptors (Lipinski definition) is 4. The summed E-state index contributed by atoms with van der Waals surface area (Å²) < 4.78 is 25.4. The molecular weight excluding hydrogens is 268 g/mol. The smallest absolute Gasteiger partial charge is 0.318 e. The number of pyridine rings is 1. The highest BCUT2D eigenvalue weighted by atomic mass is 32.2. The molecule has 0 aromatic carbocycles. The molecule has 1 heterocycles. The Labute approximate surface area is 112 Å². The lowest BCUT2D eigenvalue weighted by atomic mass is 10.3. The van der Waals surface area contributed by atoms with Crippen molar-refractivity contribution in [3.05, 3.63) is 30.1 Å². The standard InChI is InChI=1S/C12H16N2O4S/c15-12(16)9-14(11-4-5-11)19(17,18)8-6-10-3-1-2-7-13-10/h1-3,7,11H,4-6,8-9H2,(H,15,16). The third-order valence-electron chi connectivity index (χ3n) is 2.94. The highest BCUT2D eigenvalue weighted by Crippen LogP contribution is 2.29. The average Bonchev–Trinajstić information content (AvgIpc) is 3.19. The van der Waals surface area contributed by atoms with Crippen molar-refractivity contribution in [3.8, 4) is 0 Å². The van der Waals surface area contributed by atoms with Gasteiger partial charge >= 0.3 is 5.97 Å². The molecule has 0 unspecified atom stereocenters. The number of carbonyl (C=O) groups is 1. The van der Waals surface area contributed by atoms with Crippen LogP contribution in [0.5, 0.6) is 0 Å². The minimum atomic E-state index is -3.54. The Balaban J connectivity index is 2.01. The van der Waals surface area contributed by atoms with Gasteiger partial charge in [0, 0.05) is 24.4 Å². The van der Waals surface area contributed by atoms with Gasteiger partial charge in [0.25, 0.3) is 0 Å². The lowest BCUT2D eigenvalue weighted by molar-refractivity contribution is -0.137. The number of aliphatic carboxylic acids is 1. The van der Waals surface area contributed by atoms with E-state index >= 15 is 0 Å². The summed E-state index contributed by atoms with van der Waals surface area (Å²) in [5.41, 5.74) is 0.692. The number of hydrogen-bond donors (Lipinski definition) is 1. The maximum absolute atomic E-state index is 12.2. The lowest BCUT2D eigenvalue weighted by Crippen LogP contribution is -2.39. The van der Waals surface area contributed by atoms with Crippen LogP contribution >= 0.6 is 0 Å². The SMILES string of the molecule is O=C(O)CN(C1CC1)S(=O)(=O)CCc1ccccn1. The van der Waals surface area contributed by atoms with Crippen LogP contribution < -0.4 is 0 Å². The third kappa shape index (κ3) is 4.00. The normalized spacial score (nSPS) is 15.6. The Hall–Kier alpha value is -1.47. The molecule has 1 fully saturated rings. The molecule has 0 aliphatic heterocycles. The Bertz CT molecular complexity index is 540. The summed E-state index contributed by atoms with van der Waals surface area (Å²) in [7, 11) is -3.54. The highest BCUT2D eigenvalue weighted by Gasteiger charge is 2.38. The fourth-order valence-electron chi connectivity index (χ4n) is 1.85. The molecule has 0 atom stereocenters. The minimum absolute atomic E-state index is 0.103. The maximum Gasteiger partial charge on any atom is 0.318 e. The van der Waals surface area contributed by atoms with Gasteiger partial charge in [-0.1, -0.05) is 6.07 Å². The van der Waals surface area contributed by atoms with Crippen molar-refractivity contribution in [1.82, 2.24) is 9.29 Å². The summed E-state index contributed by atoms with van der Waals surface area (Å²) >= 11 is 0. The van der Waals surface area contributed by atoms with Gasteiger partial charge in [0.05, 0.1) is 5.75 Å². The second-order valence-electron chi connectivity index (χ2n) is 4.56. The predicted molar refractivity (Wildman–Crippen MR) is 69.1 cm³/mol. The lowest BCUT2D eigenvalue weighted by Gasteiger charge is -2.19. The second kappa shape index (κ2) is 5.66. The number of rotatable bonds is 7. The average molecular weight is 284 g/mol. The first-order valence-electron chi connectivity index (χ1n) is 6.10. The Morgan fingerprint density at radius 3 is 2.68 bits per heavy atom. The molecule has 104 valence electrons. The zero-order valence-electron chi connectivity index (χ0n) is 10.4. The minimum Gasteiger partial charge on any atom is -0.480 e. The quantitative estimate of drug-likeness (QED) is 0.788. The van der Waals surface area contributed by atoms with Crippen molar-refractivity contribution in [2.75, 3.05) is 12.3 Å². The molecule has 0 spiro atoms. The molecule has 7 heteroatoms. The molecule has 19 heavy (non-hydrogen) atoms. The Morgan fingerprint density at radius 1 is 1.42 bits per heavy atom. The molecule has 1 aromatic heterocycles. The molecule has 0 amide bonds. The molecular formula is C12H16N2O4S. The summed E-state index contributed by atoms with van der Waals surface area (Å²) in [5, 5.41) is 8.79. The molecule has 0 radical (unpaired) electrons. The van der Waals surface area contributed by atoms with Crippen LogP contribution in [0.1, 0.15) is 18.5 Å². The van der Waals surface area contributed by atoms with Crippen LogP contribution in [0.2, 0.25) is 0 Å². The summed E-state index contributed by atoms with van der Waals surface area (Å²) in [5.74, 6) is -1.22. The largest absolute Gasteiger partial charge is 0.480 e. The fraction of sp³-hybridized carbons (Fsp3) is 0.500. The van der Waals surface area contributed by atoms with E-state index < -0.39 is 22.5 Å². The van der Waals surface area contributed by atoms with Crippen LogP contribution in [0.3, 0.4) is 0 Å². The van der Waals surface area contributed by atoms with E-state index in [4.69, 9.17) is 5.11 Å². The molecule has 0 saturated heterocycles. The summed E-state index contributed by atoms with van der Waals surface area (Å²) in [6, 6.07) is 5.18. The summed E-state index contributed by atoms with van der Waals surface area (Å²) in [4.78, 5) is 14.8. The van der Waals surface area contributed by atoms with Crippen molar-refractivity contribution in [3.63, 3.8) is 0 Å². The van der Waals surface area contributed by atoms with Crippen molar-refractivity contribution < 1.29 is 18.3 Å². The van der Waals surface area contributed by atoms with E-state index in [1.54, 1.807) is 24.4 Å². The molecule has 2 rings (SSSR count). The molecule has 1 aliphatic rings. The Kier molecular flexibility index (Phi) is 4.16. The monoisotopic (exact) mass is 284 g/mol. The number of aryl methyl sites for hydroxylation is 1. The molecule has 1 N–H and O–H groups in total. The molecule has 1 saturated carbocycles. The molecule has 0 bridgehead atoms. The number of sulfonamides is 1. The van der Waals surface area contributed by atoms with Gasteiger partial charge in [-0.15, -0.1) is 0 Å². The fourth-order valence-corrected chi connectivity index (χ4v) is 3.52. The van der Waals surface area contributed by atoms with E-state index in [1.165, 1.54) is 0 Å². The van der Waals surface area contributed by atoms with Crippen LogP contribution in [-0.2, 0) is 21.2 Å². The first-order chi connectivity index (χ1) is 8.99. The van der Waals surface area contributed by atoms with Crippen LogP contribution in [0.25, 0.3) is 0 Å². The zero-order valence-corrected chi connectivity index (χ0v) is 11.2. The topological polar surface area (TPSA) is 87.6 Å². The van der Waals surface area contributed by atoms with Gasteiger partial charge in [0.15, 0.2) is 0 Å². The maximum atomic E-state index is 12.2. The van der Waals surface area contributed by atoms with Crippen molar-refractivity contribution in [2.24, 2.45) is 0 Å². The third-order valence-corrected chi connectivity index (χ3v) is 4.81. The number of carboxylic acid groups (broad SMARTS) is 1. The summed E-state index contributed by atoms with van der Waals surface area (Å²) in [6.45, 7) is -0.449. The number of aromatic nitrogens is 1. The van der Waals surface area contributed by atoms with Crippen molar-refractivity contribution in [2.45, 2.75) is 25.3 Å². The highest BCUT2D eigenvalue weighted by molar-refractivity contribution is 7.89. The van der Waals surface area contributed by atoms with Crippen molar-refractivity contribution in [1.29, 1.82) is 0 Å². The van der Waals surface area contributed by atoms with E-state index in [1.807, 2.05) is 0 Å². The van der Waals surface area contributed by atoms with Gasteiger partial charge in [-0.3, -0.25) is 9.78 Å². The van der Waals surface area contributed by atoms with E-state index in [9.17, 15) is 13.2 Å². The van der Waals surface area contributed by atoms with Gasteiger partial charge in [0.1, 0.15) is 6.54 Å². The predicted octanol–water partition coefficient (Wildman–Crippen LogP) is 0.503. The first-order valence-corrected chi connectivity index (χ1v) is 7.71. The van der Waals surface area contributed by atoms with Gasteiger partial charge in [-0.05, 0) is 25.0 Å². The van der Waals surface area contributed by atoms with Gasteiger partial charge in [0.2, 0.25) is 10.0 Å². The van der Waals surface area contributed by atoms with Crippen LogP contribution in [0.4, 0.5) is 0 Å². The van der Waals surface area contributed by atoms with Crippen molar-refractivity contribution >= 4 is 16.0 Å². The number of carboxylic acids is 1. The number of nitrogens with zero attached hydrogens (tertiary/aromatic N) is 2. The second-order valence-corrected chi connectivity index (χ2v) is 6.60. The van der Waals surface area contributed by atoms with E-state index in [0.29, 0.717) is 12.1 Å². The molecule has 6 nitrogen and oxygen atoms in total. The molecule has 1 aliphatic carbocycles. The van der Waals surface area contributed by atoms with E-state index in [0.717, 1.165) is 17.1 Å².